The molecule has 0 aromatic heterocycles. The Morgan fingerprint density at radius 3 is 2.59 bits per heavy atom. The Bertz CT molecular complexity index is 431. The van der Waals surface area contributed by atoms with Crippen LogP contribution < -0.4 is 0 Å². The summed E-state index contributed by atoms with van der Waals surface area (Å²) in [5.41, 5.74) is 0.770. The number of nitrogens with zero attached hydrogens (tertiary/aromatic N) is 1. The first kappa shape index (κ1) is 14.8. The van der Waals surface area contributed by atoms with Crippen molar-refractivity contribution >= 4 is 50.5 Å². The lowest BCUT2D eigenvalue weighted by molar-refractivity contribution is 0.0963. The van der Waals surface area contributed by atoms with E-state index in [-0.39, 0.29) is 22.8 Å². The molecule has 0 saturated carbocycles. The van der Waals surface area contributed by atoms with Gasteiger partial charge in [-0.05, 0) is 24.0 Å². The van der Waals surface area contributed by atoms with E-state index >= 15 is 0 Å². The largest absolute Gasteiger partial charge is 0.360 e. The van der Waals surface area contributed by atoms with Crippen LogP contribution in [0, 0.1) is 0 Å². The lowest BCUT2D eigenvalue weighted by Crippen LogP contribution is -2.22. The van der Waals surface area contributed by atoms with Gasteiger partial charge in [-0.2, -0.15) is 0 Å². The van der Waals surface area contributed by atoms with Gasteiger partial charge in [-0.1, -0.05) is 28.1 Å². The summed E-state index contributed by atoms with van der Waals surface area (Å²) in [6.07, 6.45) is 2.04. The number of allylic oxidation sites excluding steroid dienone is 1. The maximum atomic E-state index is 11.9. The highest BCUT2D eigenvalue weighted by Gasteiger charge is 2.14. The summed E-state index contributed by atoms with van der Waals surface area (Å²) in [5.74, 6) is 1.05. The van der Waals surface area contributed by atoms with Crippen LogP contribution in [-0.4, -0.2) is 23.1 Å². The van der Waals surface area contributed by atoms with Crippen LogP contribution in [0.3, 0.4) is 0 Å². The van der Waals surface area contributed by atoms with Crippen LogP contribution in [0.2, 0.25) is 0 Å². The topological polar surface area (TPSA) is 20.3 Å². The third-order valence-electron chi connectivity index (χ3n) is 2.34. The van der Waals surface area contributed by atoms with Crippen LogP contribution in [0.25, 0.3) is 0 Å². The average molecular weight is 379 g/mol. The second kappa shape index (κ2) is 6.61. The molecule has 0 spiro atoms. The second-order valence-corrected chi connectivity index (χ2v) is 5.80. The molecule has 1 aliphatic heterocycles. The van der Waals surface area contributed by atoms with E-state index in [1.54, 1.807) is 11.8 Å². The molecule has 5 heteroatoms. The van der Waals surface area contributed by atoms with Crippen LogP contribution >= 0.6 is 44.7 Å². The summed E-state index contributed by atoms with van der Waals surface area (Å²) in [7, 11) is 0. The molecule has 0 radical (unpaired) electrons. The Morgan fingerprint density at radius 2 is 2.06 bits per heavy atom. The van der Waals surface area contributed by atoms with E-state index < -0.39 is 0 Å². The van der Waals surface area contributed by atoms with Gasteiger partial charge in [0.15, 0.2) is 5.78 Å². The molecule has 0 amide bonds. The number of halogens is 2. The van der Waals surface area contributed by atoms with Gasteiger partial charge in [0, 0.05) is 16.2 Å². The van der Waals surface area contributed by atoms with Crippen molar-refractivity contribution in [1.29, 1.82) is 0 Å². The number of hydrogen-bond donors (Lipinski definition) is 0. The fourth-order valence-corrected chi connectivity index (χ4v) is 2.54. The molecule has 0 atom stereocenters. The van der Waals surface area contributed by atoms with E-state index in [1.165, 1.54) is 4.91 Å². The number of rotatable bonds is 3. The van der Waals surface area contributed by atoms with Crippen molar-refractivity contribution in [1.82, 2.24) is 4.90 Å². The van der Waals surface area contributed by atoms with Crippen molar-refractivity contribution in [3.05, 3.63) is 45.4 Å². The zero-order valence-corrected chi connectivity index (χ0v) is 13.5. The van der Waals surface area contributed by atoms with E-state index in [2.05, 4.69) is 22.9 Å². The second-order valence-electron chi connectivity index (χ2n) is 3.69. The fourth-order valence-electron chi connectivity index (χ4n) is 1.52. The first-order valence-corrected chi connectivity index (χ1v) is 6.77. The molecule has 0 saturated heterocycles. The van der Waals surface area contributed by atoms with Crippen LogP contribution in [0.1, 0.15) is 17.3 Å². The number of thioether (sulfide) groups is 1. The maximum Gasteiger partial charge on any atom is 0.182 e. The van der Waals surface area contributed by atoms with E-state index in [1.807, 2.05) is 35.4 Å². The minimum atomic E-state index is 0. The van der Waals surface area contributed by atoms with Crippen LogP contribution in [0.15, 0.2) is 39.8 Å². The molecule has 0 N–H and O–H groups in total. The molecule has 1 heterocycles. The number of hydrogen-bond acceptors (Lipinski definition) is 3. The van der Waals surface area contributed by atoms with Gasteiger partial charge in [-0.3, -0.25) is 4.79 Å². The third-order valence-corrected chi connectivity index (χ3v) is 3.89. The molecule has 0 unspecified atom stereocenters. The molecular formula is C12H13Br2NOS. The first-order valence-electron chi connectivity index (χ1n) is 4.99. The Kier molecular flexibility index (Phi) is 5.76. The van der Waals surface area contributed by atoms with E-state index in [0.717, 1.165) is 15.9 Å². The number of ketones is 1. The van der Waals surface area contributed by atoms with Crippen molar-refractivity contribution < 1.29 is 4.79 Å². The normalized spacial score (nSPS) is 14.2. The van der Waals surface area contributed by atoms with E-state index in [4.69, 9.17) is 0 Å². The lowest BCUT2D eigenvalue weighted by Gasteiger charge is -2.12. The summed E-state index contributed by atoms with van der Waals surface area (Å²) < 4.78 is 0.997. The molecule has 1 aromatic carbocycles. The highest BCUT2D eigenvalue weighted by Crippen LogP contribution is 2.24. The predicted molar refractivity (Wildman–Crippen MR) is 81.7 cm³/mol. The van der Waals surface area contributed by atoms with Crippen LogP contribution in [0.4, 0.5) is 0 Å². The van der Waals surface area contributed by atoms with Gasteiger partial charge < -0.3 is 4.90 Å². The zero-order chi connectivity index (χ0) is 11.5. The van der Waals surface area contributed by atoms with E-state index in [9.17, 15) is 4.79 Å². The Balaban J connectivity index is 0.00000144. The number of carbonyl (C=O) groups excluding carboxylic acids is 1. The number of Topliss-reactive ketones (excluding diaryl/α,β-unsaturated/α-hetero) is 1. The molecule has 0 aliphatic carbocycles. The maximum absolute atomic E-state index is 11.9. The minimum absolute atomic E-state index is 0. The Labute approximate surface area is 124 Å². The average Bonchev–Trinajstić information content (AvgIpc) is 2.65. The van der Waals surface area contributed by atoms with Crippen molar-refractivity contribution in [3.63, 3.8) is 0 Å². The van der Waals surface area contributed by atoms with Gasteiger partial charge in [0.2, 0.25) is 0 Å². The molecule has 17 heavy (non-hydrogen) atoms. The Hall–Kier alpha value is -0.260. The summed E-state index contributed by atoms with van der Waals surface area (Å²) in [6.45, 7) is 2.53. The third kappa shape index (κ3) is 4.16. The summed E-state index contributed by atoms with van der Waals surface area (Å²) in [5, 5.41) is 0. The van der Waals surface area contributed by atoms with Crippen molar-refractivity contribution in [2.45, 2.75) is 6.92 Å². The standard InChI is InChI=1S/C12H12BrNOS.BrH/c1-9-6-14(8-16-9)7-12(15)10-2-4-11(13)5-3-10;/h2-6H,7-8H2,1H3;1H. The molecule has 1 aliphatic rings. The van der Waals surface area contributed by atoms with Gasteiger partial charge in [-0.25, -0.2) is 0 Å². The van der Waals surface area contributed by atoms with Crippen molar-refractivity contribution in [3.8, 4) is 0 Å². The van der Waals surface area contributed by atoms with E-state index in [0.29, 0.717) is 6.54 Å². The molecule has 0 bridgehead atoms. The summed E-state index contributed by atoms with van der Waals surface area (Å²) >= 11 is 5.13. The monoisotopic (exact) mass is 377 g/mol. The zero-order valence-electron chi connectivity index (χ0n) is 9.35. The fraction of sp³-hybridized carbons (Fsp3) is 0.250. The van der Waals surface area contributed by atoms with Gasteiger partial charge in [0.25, 0.3) is 0 Å². The lowest BCUT2D eigenvalue weighted by atomic mass is 10.1. The molecule has 0 fully saturated rings. The van der Waals surface area contributed by atoms with Gasteiger partial charge in [0.05, 0.1) is 12.4 Å². The van der Waals surface area contributed by atoms with Crippen LogP contribution in [0.5, 0.6) is 0 Å². The molecule has 2 rings (SSSR count). The number of carbonyl (C=O) groups is 1. The first-order chi connectivity index (χ1) is 7.65. The molecule has 92 valence electrons. The quantitative estimate of drug-likeness (QED) is 0.739. The predicted octanol–water partition coefficient (Wildman–Crippen LogP) is 4.08. The Morgan fingerprint density at radius 1 is 1.41 bits per heavy atom. The van der Waals surface area contributed by atoms with Crippen molar-refractivity contribution in [2.75, 3.05) is 12.4 Å². The highest BCUT2D eigenvalue weighted by molar-refractivity contribution is 9.10. The summed E-state index contributed by atoms with van der Waals surface area (Å²) in [4.78, 5) is 15.2. The minimum Gasteiger partial charge on any atom is -0.360 e. The number of benzene rings is 1. The van der Waals surface area contributed by atoms with Gasteiger partial charge >= 0.3 is 0 Å². The highest BCUT2D eigenvalue weighted by atomic mass is 79.9. The van der Waals surface area contributed by atoms with Gasteiger partial charge in [0.1, 0.15) is 0 Å². The molecule has 1 aromatic rings. The molecular weight excluding hydrogens is 366 g/mol. The van der Waals surface area contributed by atoms with Crippen LogP contribution in [-0.2, 0) is 0 Å². The SMILES string of the molecule is Br.CC1=CN(CC(=O)c2ccc(Br)cc2)CS1. The summed E-state index contributed by atoms with van der Waals surface area (Å²) in [6, 6.07) is 7.50. The smallest absolute Gasteiger partial charge is 0.182 e. The molecule has 2 nitrogen and oxygen atoms in total. The van der Waals surface area contributed by atoms with Gasteiger partial charge in [-0.15, -0.1) is 28.7 Å². The van der Waals surface area contributed by atoms with Crippen molar-refractivity contribution in [2.24, 2.45) is 0 Å².